The van der Waals surface area contributed by atoms with Crippen molar-refractivity contribution in [1.29, 1.82) is 0 Å². The predicted octanol–water partition coefficient (Wildman–Crippen LogP) is 1.84. The first-order chi connectivity index (χ1) is 8.44. The van der Waals surface area contributed by atoms with E-state index in [2.05, 4.69) is 12.2 Å². The average Bonchev–Trinajstić information content (AvgIpc) is 2.77. The van der Waals surface area contributed by atoms with Gasteiger partial charge in [-0.3, -0.25) is 9.59 Å². The van der Waals surface area contributed by atoms with Gasteiger partial charge in [0.1, 0.15) is 11.1 Å². The molecule has 1 aliphatic carbocycles. The Morgan fingerprint density at radius 3 is 2.39 bits per heavy atom. The number of piperazine rings is 1. The molecule has 1 heterocycles. The smallest absolute Gasteiger partial charge is 0.248 e. The summed E-state index contributed by atoms with van der Waals surface area (Å²) in [7, 11) is 0. The molecule has 4 nitrogen and oxygen atoms in total. The number of nitrogens with zero attached hydrogens (tertiary/aromatic N) is 1. The van der Waals surface area contributed by atoms with Crippen molar-refractivity contribution in [3.05, 3.63) is 0 Å². The van der Waals surface area contributed by atoms with E-state index in [1.165, 1.54) is 0 Å². The van der Waals surface area contributed by atoms with Crippen LogP contribution in [0.1, 0.15) is 59.3 Å². The highest BCUT2D eigenvalue weighted by Crippen LogP contribution is 2.39. The molecule has 4 heteroatoms. The predicted molar refractivity (Wildman–Crippen MR) is 70.0 cm³/mol. The first-order valence-corrected chi connectivity index (χ1v) is 7.09. The van der Waals surface area contributed by atoms with Gasteiger partial charge in [0.15, 0.2) is 0 Å². The molecule has 2 rings (SSSR count). The summed E-state index contributed by atoms with van der Waals surface area (Å²) < 4.78 is 0. The Kier molecular flexibility index (Phi) is 3.39. The van der Waals surface area contributed by atoms with E-state index in [4.69, 9.17) is 0 Å². The van der Waals surface area contributed by atoms with Crippen molar-refractivity contribution in [2.45, 2.75) is 70.4 Å². The molecule has 0 aromatic rings. The fourth-order valence-electron chi connectivity index (χ4n) is 3.20. The van der Waals surface area contributed by atoms with E-state index >= 15 is 0 Å². The van der Waals surface area contributed by atoms with E-state index < -0.39 is 11.1 Å². The summed E-state index contributed by atoms with van der Waals surface area (Å²) in [6.45, 7) is 6.43. The third-order valence-corrected chi connectivity index (χ3v) is 4.31. The van der Waals surface area contributed by atoms with Gasteiger partial charge in [0.05, 0.1) is 0 Å². The summed E-state index contributed by atoms with van der Waals surface area (Å²) in [5.41, 5.74) is -1.29. The van der Waals surface area contributed by atoms with Gasteiger partial charge in [0.25, 0.3) is 0 Å². The van der Waals surface area contributed by atoms with E-state index in [1.807, 2.05) is 4.90 Å². The van der Waals surface area contributed by atoms with Crippen molar-refractivity contribution in [2.75, 3.05) is 6.54 Å². The Bertz CT molecular complexity index is 357. The minimum atomic E-state index is -0.751. The molecule has 1 spiro atoms. The highest BCUT2D eigenvalue weighted by molar-refractivity contribution is 6.02. The number of carbonyl (C=O) groups is 2. The molecular weight excluding hydrogens is 228 g/mol. The van der Waals surface area contributed by atoms with Gasteiger partial charge < -0.3 is 10.2 Å². The Morgan fingerprint density at radius 1 is 1.22 bits per heavy atom. The normalized spacial score (nSPS) is 25.6. The van der Waals surface area contributed by atoms with Crippen LogP contribution < -0.4 is 5.32 Å². The lowest BCUT2D eigenvalue weighted by atomic mass is 9.85. The molecule has 1 saturated carbocycles. The van der Waals surface area contributed by atoms with Gasteiger partial charge in [0.2, 0.25) is 11.8 Å². The number of carbonyl (C=O) groups excluding carboxylic acids is 2. The average molecular weight is 252 g/mol. The molecule has 102 valence electrons. The van der Waals surface area contributed by atoms with Crippen LogP contribution in [-0.2, 0) is 9.59 Å². The number of hydrogen-bond acceptors (Lipinski definition) is 2. The van der Waals surface area contributed by atoms with Crippen molar-refractivity contribution in [3.63, 3.8) is 0 Å². The molecule has 2 amide bonds. The monoisotopic (exact) mass is 252 g/mol. The minimum absolute atomic E-state index is 0.0562. The quantitative estimate of drug-likeness (QED) is 0.833. The van der Waals surface area contributed by atoms with Crippen LogP contribution in [0.4, 0.5) is 0 Å². The molecule has 0 atom stereocenters. The summed E-state index contributed by atoms with van der Waals surface area (Å²) in [4.78, 5) is 26.9. The van der Waals surface area contributed by atoms with Crippen LogP contribution in [-0.4, -0.2) is 34.3 Å². The summed E-state index contributed by atoms with van der Waals surface area (Å²) in [5.74, 6) is 0.137. The second-order valence-corrected chi connectivity index (χ2v) is 6.13. The zero-order valence-electron chi connectivity index (χ0n) is 11.7. The molecule has 18 heavy (non-hydrogen) atoms. The summed E-state index contributed by atoms with van der Waals surface area (Å²) in [5, 5.41) is 2.91. The van der Waals surface area contributed by atoms with Gasteiger partial charge in [-0.2, -0.15) is 0 Å². The number of hydrogen-bond donors (Lipinski definition) is 1. The molecular formula is C14H24N2O2. The van der Waals surface area contributed by atoms with Crippen molar-refractivity contribution < 1.29 is 9.59 Å². The molecule has 1 N–H and O–H groups in total. The third-order valence-electron chi connectivity index (χ3n) is 4.31. The van der Waals surface area contributed by atoms with Crippen LogP contribution in [0.5, 0.6) is 0 Å². The first kappa shape index (κ1) is 13.4. The molecule has 2 fully saturated rings. The third kappa shape index (κ3) is 1.91. The number of amides is 2. The molecule has 1 aliphatic heterocycles. The molecule has 2 aliphatic rings. The van der Waals surface area contributed by atoms with Gasteiger partial charge in [-0.05, 0) is 33.1 Å². The summed E-state index contributed by atoms with van der Waals surface area (Å²) in [6.07, 6.45) is 5.75. The maximum atomic E-state index is 12.6. The SMILES string of the molecule is CCCCN1C(=O)C(C)(C)NC(=O)C12CCCC2. The maximum absolute atomic E-state index is 12.6. The van der Waals surface area contributed by atoms with E-state index in [9.17, 15) is 9.59 Å². The van der Waals surface area contributed by atoms with Crippen LogP contribution in [0, 0.1) is 0 Å². The summed E-state index contributed by atoms with van der Waals surface area (Å²) >= 11 is 0. The van der Waals surface area contributed by atoms with Crippen molar-refractivity contribution >= 4 is 11.8 Å². The van der Waals surface area contributed by atoms with Gasteiger partial charge in [0, 0.05) is 6.54 Å². The van der Waals surface area contributed by atoms with Crippen LogP contribution in [0.15, 0.2) is 0 Å². The lowest BCUT2D eigenvalue weighted by Crippen LogP contribution is -2.73. The molecule has 0 bridgehead atoms. The van der Waals surface area contributed by atoms with Gasteiger partial charge in [-0.1, -0.05) is 26.2 Å². The lowest BCUT2D eigenvalue weighted by molar-refractivity contribution is -0.161. The van der Waals surface area contributed by atoms with E-state index in [-0.39, 0.29) is 11.8 Å². The fourth-order valence-corrected chi connectivity index (χ4v) is 3.20. The van der Waals surface area contributed by atoms with Gasteiger partial charge in [-0.15, -0.1) is 0 Å². The minimum Gasteiger partial charge on any atom is -0.340 e. The standard InChI is InChI=1S/C14H24N2O2/c1-4-5-10-16-12(18)13(2,3)15-11(17)14(16)8-6-7-9-14/h4-10H2,1-3H3,(H,15,17). The number of nitrogens with one attached hydrogen (secondary N) is 1. The lowest BCUT2D eigenvalue weighted by Gasteiger charge is -2.49. The second-order valence-electron chi connectivity index (χ2n) is 6.13. The van der Waals surface area contributed by atoms with Crippen molar-refractivity contribution in [3.8, 4) is 0 Å². The van der Waals surface area contributed by atoms with Gasteiger partial charge in [-0.25, -0.2) is 0 Å². The maximum Gasteiger partial charge on any atom is 0.248 e. The molecule has 0 aromatic carbocycles. The van der Waals surface area contributed by atoms with Crippen LogP contribution in [0.25, 0.3) is 0 Å². The number of unbranched alkanes of at least 4 members (excludes halogenated alkanes) is 1. The molecule has 0 aromatic heterocycles. The Balaban J connectivity index is 2.31. The number of rotatable bonds is 3. The summed E-state index contributed by atoms with van der Waals surface area (Å²) in [6, 6.07) is 0. The molecule has 0 unspecified atom stereocenters. The van der Waals surface area contributed by atoms with E-state index in [0.29, 0.717) is 6.54 Å². The zero-order chi connectivity index (χ0) is 13.4. The Labute approximate surface area is 109 Å². The van der Waals surface area contributed by atoms with Crippen LogP contribution in [0.2, 0.25) is 0 Å². The Hall–Kier alpha value is -1.06. The van der Waals surface area contributed by atoms with Crippen molar-refractivity contribution in [1.82, 2.24) is 10.2 Å². The zero-order valence-corrected chi connectivity index (χ0v) is 11.7. The van der Waals surface area contributed by atoms with E-state index in [0.717, 1.165) is 38.5 Å². The van der Waals surface area contributed by atoms with Crippen molar-refractivity contribution in [2.24, 2.45) is 0 Å². The largest absolute Gasteiger partial charge is 0.340 e. The van der Waals surface area contributed by atoms with Crippen LogP contribution >= 0.6 is 0 Å². The fraction of sp³-hybridized carbons (Fsp3) is 0.857. The van der Waals surface area contributed by atoms with Gasteiger partial charge >= 0.3 is 0 Å². The Morgan fingerprint density at radius 2 is 1.83 bits per heavy atom. The highest BCUT2D eigenvalue weighted by Gasteiger charge is 2.55. The second kappa shape index (κ2) is 4.56. The van der Waals surface area contributed by atoms with Crippen LogP contribution in [0.3, 0.4) is 0 Å². The highest BCUT2D eigenvalue weighted by atomic mass is 16.2. The van der Waals surface area contributed by atoms with E-state index in [1.54, 1.807) is 13.8 Å². The first-order valence-electron chi connectivity index (χ1n) is 7.09. The molecule has 0 radical (unpaired) electrons. The molecule has 1 saturated heterocycles. The topological polar surface area (TPSA) is 49.4 Å².